The van der Waals surface area contributed by atoms with Crippen LogP contribution in [0.4, 0.5) is 0 Å². The normalized spacial score (nSPS) is 23.2. The van der Waals surface area contributed by atoms with Crippen LogP contribution in [0.5, 0.6) is 0 Å². The molecule has 0 aromatic carbocycles. The Morgan fingerprint density at radius 3 is 2.40 bits per heavy atom. The summed E-state index contributed by atoms with van der Waals surface area (Å²) < 4.78 is 10.5. The first kappa shape index (κ1) is 12.9. The van der Waals surface area contributed by atoms with Crippen molar-refractivity contribution in [2.45, 2.75) is 50.7 Å². The van der Waals surface area contributed by atoms with Gasteiger partial charge in [0, 0.05) is 27.2 Å². The summed E-state index contributed by atoms with van der Waals surface area (Å²) in [5.74, 6) is 0.289. The maximum absolute atomic E-state index is 10.0. The maximum atomic E-state index is 10.0. The minimum absolute atomic E-state index is 0.0270. The quantitative estimate of drug-likeness (QED) is 0.707. The molecule has 1 rings (SSSR count). The smallest absolute Gasteiger partial charge is 0.0703 e. The average Bonchev–Trinajstić information content (AvgIpc) is 2.19. The van der Waals surface area contributed by atoms with Crippen LogP contribution in [-0.4, -0.2) is 37.6 Å². The molecular formula is C12H24O3. The lowest BCUT2D eigenvalue weighted by molar-refractivity contribution is -0.107. The van der Waals surface area contributed by atoms with Crippen LogP contribution in [0.25, 0.3) is 0 Å². The zero-order valence-corrected chi connectivity index (χ0v) is 10.2. The minimum atomic E-state index is -0.264. The molecular weight excluding hydrogens is 192 g/mol. The predicted octanol–water partition coefficient (Wildman–Crippen LogP) is 1.98. The molecule has 1 fully saturated rings. The van der Waals surface area contributed by atoms with Gasteiger partial charge in [0.1, 0.15) is 0 Å². The molecule has 1 aliphatic rings. The van der Waals surface area contributed by atoms with Gasteiger partial charge in [-0.25, -0.2) is 0 Å². The van der Waals surface area contributed by atoms with Crippen molar-refractivity contribution >= 4 is 0 Å². The van der Waals surface area contributed by atoms with Crippen molar-refractivity contribution in [3.8, 4) is 0 Å². The van der Waals surface area contributed by atoms with Gasteiger partial charge in [-0.15, -0.1) is 0 Å². The van der Waals surface area contributed by atoms with Crippen molar-refractivity contribution in [3.63, 3.8) is 0 Å². The first-order valence-electron chi connectivity index (χ1n) is 5.86. The second-order valence-electron chi connectivity index (χ2n) is 4.77. The summed E-state index contributed by atoms with van der Waals surface area (Å²) in [5, 5.41) is 10.0. The van der Waals surface area contributed by atoms with Gasteiger partial charge in [0.25, 0.3) is 0 Å². The Morgan fingerprint density at radius 2 is 2.00 bits per heavy atom. The fraction of sp³-hybridized carbons (Fsp3) is 1.00. The number of ether oxygens (including phenoxy) is 2. The Labute approximate surface area is 92.8 Å². The molecule has 90 valence electrons. The Kier molecular flexibility index (Phi) is 5.03. The molecule has 2 atom stereocenters. The summed E-state index contributed by atoms with van der Waals surface area (Å²) in [6, 6.07) is 0. The van der Waals surface area contributed by atoms with Gasteiger partial charge in [-0.2, -0.15) is 0 Å². The van der Waals surface area contributed by atoms with Gasteiger partial charge in [-0.1, -0.05) is 6.92 Å². The fourth-order valence-corrected chi connectivity index (χ4v) is 2.14. The lowest BCUT2D eigenvalue weighted by Crippen LogP contribution is -2.43. The molecule has 1 saturated carbocycles. The third-order valence-electron chi connectivity index (χ3n) is 3.71. The molecule has 0 saturated heterocycles. The molecule has 1 N–H and O–H groups in total. The molecule has 0 aliphatic heterocycles. The van der Waals surface area contributed by atoms with E-state index in [2.05, 4.69) is 6.92 Å². The van der Waals surface area contributed by atoms with E-state index in [9.17, 15) is 5.11 Å². The van der Waals surface area contributed by atoms with Crippen molar-refractivity contribution in [1.29, 1.82) is 0 Å². The van der Waals surface area contributed by atoms with E-state index >= 15 is 0 Å². The Hall–Kier alpha value is -0.120. The summed E-state index contributed by atoms with van der Waals surface area (Å²) in [7, 11) is 3.45. The Bertz CT molecular complexity index is 172. The minimum Gasteiger partial charge on any atom is -0.393 e. The summed E-state index contributed by atoms with van der Waals surface area (Å²) in [4.78, 5) is 0. The van der Waals surface area contributed by atoms with E-state index in [4.69, 9.17) is 9.47 Å². The topological polar surface area (TPSA) is 38.7 Å². The second-order valence-corrected chi connectivity index (χ2v) is 4.77. The van der Waals surface area contributed by atoms with Crippen molar-refractivity contribution in [2.75, 3.05) is 20.8 Å². The largest absolute Gasteiger partial charge is 0.393 e. The molecule has 0 radical (unpaired) electrons. The molecule has 0 spiro atoms. The van der Waals surface area contributed by atoms with E-state index in [1.165, 1.54) is 6.42 Å². The molecule has 3 nitrogen and oxygen atoms in total. The summed E-state index contributed by atoms with van der Waals surface area (Å²) >= 11 is 0. The highest BCUT2D eigenvalue weighted by atomic mass is 16.5. The van der Waals surface area contributed by atoms with Crippen molar-refractivity contribution in [1.82, 2.24) is 0 Å². The van der Waals surface area contributed by atoms with Gasteiger partial charge in [0.15, 0.2) is 0 Å². The first-order valence-corrected chi connectivity index (χ1v) is 5.86. The van der Waals surface area contributed by atoms with Crippen LogP contribution < -0.4 is 0 Å². The van der Waals surface area contributed by atoms with Gasteiger partial charge in [-0.3, -0.25) is 0 Å². The average molecular weight is 216 g/mol. The molecule has 0 aromatic rings. The molecule has 3 heteroatoms. The van der Waals surface area contributed by atoms with Crippen LogP contribution in [0.3, 0.4) is 0 Å². The summed E-state index contributed by atoms with van der Waals surface area (Å²) in [5.41, 5.74) is -0.0270. The van der Waals surface area contributed by atoms with Crippen LogP contribution in [0.2, 0.25) is 0 Å². The Morgan fingerprint density at radius 1 is 1.33 bits per heavy atom. The molecule has 0 aromatic heterocycles. The van der Waals surface area contributed by atoms with Crippen LogP contribution in [0, 0.1) is 5.92 Å². The van der Waals surface area contributed by atoms with E-state index in [1.54, 1.807) is 14.2 Å². The standard InChI is InChI=1S/C12H24O3/c1-10(5-8-14-2)11(13)9-12(15-3)6-4-7-12/h10-11,13H,4-9H2,1-3H3. The number of rotatable bonds is 7. The van der Waals surface area contributed by atoms with Gasteiger partial charge >= 0.3 is 0 Å². The highest BCUT2D eigenvalue weighted by Gasteiger charge is 2.39. The fourth-order valence-electron chi connectivity index (χ4n) is 2.14. The van der Waals surface area contributed by atoms with Gasteiger partial charge in [0.2, 0.25) is 0 Å². The second kappa shape index (κ2) is 5.83. The first-order chi connectivity index (χ1) is 7.13. The summed E-state index contributed by atoms with van der Waals surface area (Å²) in [6.45, 7) is 2.80. The third kappa shape index (κ3) is 3.44. The lowest BCUT2D eigenvalue weighted by Gasteiger charge is -2.42. The van der Waals surface area contributed by atoms with E-state index in [1.807, 2.05) is 0 Å². The number of hydrogen-bond donors (Lipinski definition) is 1. The summed E-state index contributed by atoms with van der Waals surface area (Å²) in [6.07, 6.45) is 4.84. The Balaban J connectivity index is 2.30. The molecule has 0 amide bonds. The van der Waals surface area contributed by atoms with Crippen molar-refractivity contribution < 1.29 is 14.6 Å². The van der Waals surface area contributed by atoms with Crippen LogP contribution >= 0.6 is 0 Å². The molecule has 15 heavy (non-hydrogen) atoms. The van der Waals surface area contributed by atoms with E-state index in [-0.39, 0.29) is 17.6 Å². The predicted molar refractivity (Wildman–Crippen MR) is 59.9 cm³/mol. The number of aliphatic hydroxyl groups is 1. The highest BCUT2D eigenvalue weighted by molar-refractivity contribution is 4.92. The van der Waals surface area contributed by atoms with E-state index in [0.29, 0.717) is 0 Å². The molecule has 0 heterocycles. The zero-order valence-electron chi connectivity index (χ0n) is 10.2. The van der Waals surface area contributed by atoms with Crippen LogP contribution in [0.1, 0.15) is 39.0 Å². The van der Waals surface area contributed by atoms with Crippen LogP contribution in [-0.2, 0) is 9.47 Å². The van der Waals surface area contributed by atoms with Crippen LogP contribution in [0.15, 0.2) is 0 Å². The SMILES string of the molecule is COCCC(C)C(O)CC1(OC)CCC1. The van der Waals surface area contributed by atoms with Crippen molar-refractivity contribution in [2.24, 2.45) is 5.92 Å². The van der Waals surface area contributed by atoms with Gasteiger partial charge in [-0.05, 0) is 31.6 Å². The maximum Gasteiger partial charge on any atom is 0.0703 e. The highest BCUT2D eigenvalue weighted by Crippen LogP contribution is 2.40. The molecule has 1 aliphatic carbocycles. The van der Waals surface area contributed by atoms with E-state index in [0.717, 1.165) is 32.3 Å². The monoisotopic (exact) mass is 216 g/mol. The van der Waals surface area contributed by atoms with Gasteiger partial charge < -0.3 is 14.6 Å². The number of hydrogen-bond acceptors (Lipinski definition) is 3. The number of aliphatic hydroxyl groups excluding tert-OH is 1. The van der Waals surface area contributed by atoms with E-state index < -0.39 is 0 Å². The third-order valence-corrected chi connectivity index (χ3v) is 3.71. The molecule has 0 bridgehead atoms. The molecule has 2 unspecified atom stereocenters. The lowest BCUT2D eigenvalue weighted by atomic mass is 9.74. The number of methoxy groups -OCH3 is 2. The zero-order chi connectivity index (χ0) is 11.3. The van der Waals surface area contributed by atoms with Gasteiger partial charge in [0.05, 0.1) is 11.7 Å². The van der Waals surface area contributed by atoms with Crippen molar-refractivity contribution in [3.05, 3.63) is 0 Å².